The molecular weight excluding hydrogens is 258 g/mol. The van der Waals surface area contributed by atoms with Gasteiger partial charge in [-0.25, -0.2) is 0 Å². The van der Waals surface area contributed by atoms with E-state index in [-0.39, 0.29) is 5.41 Å². The van der Waals surface area contributed by atoms with Crippen LogP contribution in [-0.2, 0) is 4.74 Å². The third kappa shape index (κ3) is 3.07. The van der Waals surface area contributed by atoms with Gasteiger partial charge in [-0.1, -0.05) is 38.3 Å². The molecule has 1 aliphatic heterocycles. The van der Waals surface area contributed by atoms with Crippen LogP contribution in [0.5, 0.6) is 0 Å². The Kier molecular flexibility index (Phi) is 4.47. The molecule has 1 heterocycles. The van der Waals surface area contributed by atoms with Crippen LogP contribution in [0, 0.1) is 17.3 Å². The van der Waals surface area contributed by atoms with E-state index in [0.29, 0.717) is 18.1 Å². The van der Waals surface area contributed by atoms with Gasteiger partial charge in [0.15, 0.2) is 0 Å². The Bertz CT molecular complexity index is 398. The van der Waals surface area contributed by atoms with E-state index in [0.717, 1.165) is 12.5 Å². The first-order chi connectivity index (χ1) is 9.99. The molecule has 1 saturated carbocycles. The number of ether oxygens (including phenoxy) is 1. The third-order valence-corrected chi connectivity index (χ3v) is 5.84. The van der Waals surface area contributed by atoms with Crippen LogP contribution in [0.2, 0.25) is 0 Å². The Morgan fingerprint density at radius 1 is 1.10 bits per heavy atom. The second-order valence-electron chi connectivity index (χ2n) is 8.45. The average Bonchev–Trinajstić information content (AvgIpc) is 2.45. The Morgan fingerprint density at radius 3 is 2.57 bits per heavy atom. The van der Waals surface area contributed by atoms with Crippen molar-refractivity contribution >= 4 is 0 Å². The van der Waals surface area contributed by atoms with Gasteiger partial charge >= 0.3 is 0 Å². The zero-order valence-corrected chi connectivity index (χ0v) is 14.4. The normalized spacial score (nSPS) is 36.9. The zero-order valence-electron chi connectivity index (χ0n) is 14.4. The van der Waals surface area contributed by atoms with Gasteiger partial charge in [0.2, 0.25) is 0 Å². The third-order valence-electron chi connectivity index (χ3n) is 5.84. The standard InChI is InChI=1S/C19H33NO/c1-19(2,13-20(3)4)18-16-11-6-5-9-14(16)15-10-7-8-12-17(15)21-18/h9,15-18H,5-8,10-13H2,1-4H3/t15-,16-,17-,18-/m1/s1. The van der Waals surface area contributed by atoms with E-state index < -0.39 is 0 Å². The van der Waals surface area contributed by atoms with Crippen LogP contribution in [-0.4, -0.2) is 37.7 Å². The van der Waals surface area contributed by atoms with E-state index in [2.05, 4.69) is 38.9 Å². The van der Waals surface area contributed by atoms with E-state index >= 15 is 0 Å². The summed E-state index contributed by atoms with van der Waals surface area (Å²) < 4.78 is 6.76. The fourth-order valence-electron chi connectivity index (χ4n) is 5.24. The van der Waals surface area contributed by atoms with Crippen molar-refractivity contribution in [3.63, 3.8) is 0 Å². The molecule has 2 heteroatoms. The summed E-state index contributed by atoms with van der Waals surface area (Å²) in [7, 11) is 4.37. The Labute approximate surface area is 130 Å². The number of fused-ring (bicyclic) bond motifs is 3. The molecule has 2 aliphatic carbocycles. The summed E-state index contributed by atoms with van der Waals surface area (Å²) >= 11 is 0. The van der Waals surface area contributed by atoms with Gasteiger partial charge in [0.25, 0.3) is 0 Å². The molecule has 0 unspecified atom stereocenters. The summed E-state index contributed by atoms with van der Waals surface area (Å²) in [6.45, 7) is 5.93. The molecule has 0 aromatic rings. The predicted molar refractivity (Wildman–Crippen MR) is 88.4 cm³/mol. The molecule has 0 amide bonds. The number of allylic oxidation sites excluding steroid dienone is 1. The van der Waals surface area contributed by atoms with Crippen molar-refractivity contribution in [1.82, 2.24) is 4.90 Å². The van der Waals surface area contributed by atoms with E-state index in [1.807, 2.05) is 0 Å². The summed E-state index contributed by atoms with van der Waals surface area (Å²) in [6.07, 6.45) is 12.9. The maximum Gasteiger partial charge on any atom is 0.0707 e. The highest BCUT2D eigenvalue weighted by molar-refractivity contribution is 5.21. The molecule has 3 rings (SSSR count). The minimum atomic E-state index is 0.229. The van der Waals surface area contributed by atoms with Crippen molar-refractivity contribution in [2.24, 2.45) is 17.3 Å². The molecule has 0 radical (unpaired) electrons. The van der Waals surface area contributed by atoms with Crippen LogP contribution in [0.1, 0.15) is 58.8 Å². The molecule has 0 N–H and O–H groups in total. The fourth-order valence-corrected chi connectivity index (χ4v) is 5.24. The molecule has 4 atom stereocenters. The number of hydrogen-bond acceptors (Lipinski definition) is 2. The van der Waals surface area contributed by atoms with E-state index in [1.54, 1.807) is 5.57 Å². The van der Waals surface area contributed by atoms with Crippen LogP contribution in [0.25, 0.3) is 0 Å². The van der Waals surface area contributed by atoms with Crippen LogP contribution in [0.15, 0.2) is 11.6 Å². The Balaban J connectivity index is 1.87. The Morgan fingerprint density at radius 2 is 1.81 bits per heavy atom. The van der Waals surface area contributed by atoms with Crippen molar-refractivity contribution in [1.29, 1.82) is 0 Å². The summed E-state index contributed by atoms with van der Waals surface area (Å²) in [5, 5.41) is 0. The second kappa shape index (κ2) is 6.04. The lowest BCUT2D eigenvalue weighted by Crippen LogP contribution is -2.53. The highest BCUT2D eigenvalue weighted by Crippen LogP contribution is 2.50. The van der Waals surface area contributed by atoms with Crippen LogP contribution in [0.3, 0.4) is 0 Å². The highest BCUT2D eigenvalue weighted by atomic mass is 16.5. The molecule has 1 saturated heterocycles. The van der Waals surface area contributed by atoms with E-state index in [4.69, 9.17) is 4.74 Å². The van der Waals surface area contributed by atoms with Crippen LogP contribution < -0.4 is 0 Å². The quantitative estimate of drug-likeness (QED) is 0.720. The molecule has 2 nitrogen and oxygen atoms in total. The van der Waals surface area contributed by atoms with Gasteiger partial charge in [-0.05, 0) is 46.2 Å². The van der Waals surface area contributed by atoms with Crippen molar-refractivity contribution in [2.45, 2.75) is 71.0 Å². The highest BCUT2D eigenvalue weighted by Gasteiger charge is 2.48. The van der Waals surface area contributed by atoms with Crippen LogP contribution in [0.4, 0.5) is 0 Å². The van der Waals surface area contributed by atoms with E-state index in [9.17, 15) is 0 Å². The topological polar surface area (TPSA) is 12.5 Å². The van der Waals surface area contributed by atoms with E-state index in [1.165, 1.54) is 44.9 Å². The lowest BCUT2D eigenvalue weighted by Gasteiger charge is -2.52. The second-order valence-corrected chi connectivity index (χ2v) is 8.45. The molecule has 21 heavy (non-hydrogen) atoms. The number of nitrogens with zero attached hydrogens (tertiary/aromatic N) is 1. The summed E-state index contributed by atoms with van der Waals surface area (Å²) in [5.74, 6) is 1.43. The average molecular weight is 291 g/mol. The molecule has 0 bridgehead atoms. The maximum atomic E-state index is 6.76. The summed E-state index contributed by atoms with van der Waals surface area (Å²) in [5.41, 5.74) is 2.02. The van der Waals surface area contributed by atoms with Crippen molar-refractivity contribution in [2.75, 3.05) is 20.6 Å². The molecule has 3 aliphatic rings. The maximum absolute atomic E-state index is 6.76. The van der Waals surface area contributed by atoms with Gasteiger partial charge in [-0.15, -0.1) is 0 Å². The van der Waals surface area contributed by atoms with Gasteiger partial charge in [-0.2, -0.15) is 0 Å². The Hall–Kier alpha value is -0.340. The van der Waals surface area contributed by atoms with Gasteiger partial charge in [0.05, 0.1) is 12.2 Å². The van der Waals surface area contributed by atoms with Gasteiger partial charge < -0.3 is 9.64 Å². The molecule has 0 spiro atoms. The van der Waals surface area contributed by atoms with Gasteiger partial charge in [0.1, 0.15) is 0 Å². The molecule has 2 fully saturated rings. The lowest BCUT2D eigenvalue weighted by atomic mass is 9.64. The van der Waals surface area contributed by atoms with Crippen LogP contribution >= 0.6 is 0 Å². The first-order valence-electron chi connectivity index (χ1n) is 8.99. The first kappa shape index (κ1) is 15.6. The molecule has 0 aromatic heterocycles. The minimum Gasteiger partial charge on any atom is -0.373 e. The van der Waals surface area contributed by atoms with Gasteiger partial charge in [0, 0.05) is 23.8 Å². The van der Waals surface area contributed by atoms with Crippen molar-refractivity contribution in [3.05, 3.63) is 11.6 Å². The minimum absolute atomic E-state index is 0.229. The van der Waals surface area contributed by atoms with Gasteiger partial charge in [-0.3, -0.25) is 0 Å². The number of rotatable bonds is 3. The SMILES string of the molecule is CN(C)CC(C)(C)[C@@H]1O[C@@H]2CCCC[C@@H]2C2=CCCC[C@H]21. The largest absolute Gasteiger partial charge is 0.373 e. The predicted octanol–water partition coefficient (Wildman–Crippen LogP) is 4.26. The summed E-state index contributed by atoms with van der Waals surface area (Å²) in [4.78, 5) is 2.32. The first-order valence-corrected chi connectivity index (χ1v) is 8.99. The fraction of sp³-hybridized carbons (Fsp3) is 0.895. The monoisotopic (exact) mass is 291 g/mol. The molecule has 0 aromatic carbocycles. The zero-order chi connectivity index (χ0) is 15.0. The smallest absolute Gasteiger partial charge is 0.0707 e. The van der Waals surface area contributed by atoms with Crippen molar-refractivity contribution < 1.29 is 4.74 Å². The number of hydrogen-bond donors (Lipinski definition) is 0. The molecule has 120 valence electrons. The van der Waals surface area contributed by atoms with Crippen molar-refractivity contribution in [3.8, 4) is 0 Å². The summed E-state index contributed by atoms with van der Waals surface area (Å²) in [6, 6.07) is 0. The lowest BCUT2D eigenvalue weighted by molar-refractivity contribution is -0.151. The molecular formula is C19H33NO.